The van der Waals surface area contributed by atoms with E-state index in [0.717, 1.165) is 47.8 Å². The minimum atomic E-state index is 0.0258. The largest absolute Gasteiger partial charge is 0.493 e. The second-order valence-corrected chi connectivity index (χ2v) is 9.63. The number of rotatable bonds is 6. The molecule has 1 aliphatic carbocycles. The zero-order chi connectivity index (χ0) is 26.5. The molecule has 1 aromatic heterocycles. The zero-order valence-electron chi connectivity index (χ0n) is 21.9. The summed E-state index contributed by atoms with van der Waals surface area (Å²) in [5, 5.41) is 4.17. The van der Waals surface area contributed by atoms with E-state index in [1.807, 2.05) is 53.2 Å². The molecule has 198 valence electrons. The number of fused-ring (bicyclic) bond motifs is 1. The van der Waals surface area contributed by atoms with Crippen molar-refractivity contribution in [3.05, 3.63) is 48.3 Å². The van der Waals surface area contributed by atoms with E-state index in [4.69, 9.17) is 20.6 Å². The topological polar surface area (TPSA) is 89.1 Å². The SMILES string of the molecule is C#Cc1cccc(Nc2ncnc3cc(OC)c(O[C@H]4CC[C@@H](N(C)C(=O)N5CCOCC5)CC4)cc23)c1. The number of nitrogens with one attached hydrogen (secondary N) is 1. The number of anilines is 2. The lowest BCUT2D eigenvalue weighted by atomic mass is 9.92. The van der Waals surface area contributed by atoms with Crippen molar-refractivity contribution in [2.24, 2.45) is 0 Å². The molecular weight excluding hydrogens is 482 g/mol. The Morgan fingerprint density at radius 3 is 2.66 bits per heavy atom. The standard InChI is InChI=1S/C29H33N5O4/c1-4-20-6-5-7-21(16-20)32-28-24-17-27(26(36-3)18-25(24)30-19-31-28)38-23-10-8-22(9-11-23)33(2)29(35)34-12-14-37-15-13-34/h1,5-7,16-19,22-23H,8-15H2,2-3H3,(H,30,31,32)/t22-,23+. The highest BCUT2D eigenvalue weighted by atomic mass is 16.5. The summed E-state index contributed by atoms with van der Waals surface area (Å²) in [6.45, 7) is 2.51. The van der Waals surface area contributed by atoms with Crippen molar-refractivity contribution >= 4 is 28.4 Å². The lowest BCUT2D eigenvalue weighted by Gasteiger charge is -2.38. The van der Waals surface area contributed by atoms with Crippen molar-refractivity contribution in [2.45, 2.75) is 37.8 Å². The molecule has 1 saturated heterocycles. The van der Waals surface area contributed by atoms with Crippen LogP contribution in [0.2, 0.25) is 0 Å². The average molecular weight is 516 g/mol. The van der Waals surface area contributed by atoms with Gasteiger partial charge in [0, 0.05) is 48.9 Å². The highest BCUT2D eigenvalue weighted by Crippen LogP contribution is 2.37. The molecule has 38 heavy (non-hydrogen) atoms. The quantitative estimate of drug-likeness (QED) is 0.486. The Kier molecular flexibility index (Phi) is 7.80. The van der Waals surface area contributed by atoms with E-state index in [1.165, 1.54) is 6.33 Å². The summed E-state index contributed by atoms with van der Waals surface area (Å²) in [4.78, 5) is 25.6. The number of carbonyl (C=O) groups is 1. The first kappa shape index (κ1) is 25.6. The number of benzene rings is 2. The predicted molar refractivity (Wildman–Crippen MR) is 146 cm³/mol. The van der Waals surface area contributed by atoms with Crippen molar-refractivity contribution in [1.82, 2.24) is 19.8 Å². The number of amides is 2. The number of urea groups is 1. The molecule has 9 nitrogen and oxygen atoms in total. The summed E-state index contributed by atoms with van der Waals surface area (Å²) in [5.41, 5.74) is 2.37. The van der Waals surface area contributed by atoms with Crippen LogP contribution >= 0.6 is 0 Å². The summed E-state index contributed by atoms with van der Waals surface area (Å²) < 4.78 is 17.5. The average Bonchev–Trinajstić information content (AvgIpc) is 2.97. The van der Waals surface area contributed by atoms with Crippen molar-refractivity contribution in [2.75, 3.05) is 45.8 Å². The fourth-order valence-corrected chi connectivity index (χ4v) is 5.10. The van der Waals surface area contributed by atoms with Crippen LogP contribution < -0.4 is 14.8 Å². The van der Waals surface area contributed by atoms with Gasteiger partial charge in [-0.05, 0) is 49.9 Å². The molecule has 0 atom stereocenters. The van der Waals surface area contributed by atoms with Crippen LogP contribution in [0.1, 0.15) is 31.2 Å². The van der Waals surface area contributed by atoms with Gasteiger partial charge in [-0.2, -0.15) is 0 Å². The van der Waals surface area contributed by atoms with Crippen LogP contribution in [0.4, 0.5) is 16.3 Å². The lowest BCUT2D eigenvalue weighted by molar-refractivity contribution is 0.0369. The van der Waals surface area contributed by atoms with Crippen LogP contribution in [0.3, 0.4) is 0 Å². The first-order valence-corrected chi connectivity index (χ1v) is 13.0. The van der Waals surface area contributed by atoms with E-state index in [2.05, 4.69) is 21.2 Å². The third-order valence-corrected chi connectivity index (χ3v) is 7.28. The second-order valence-electron chi connectivity index (χ2n) is 9.63. The Labute approximate surface area is 223 Å². The molecule has 1 saturated carbocycles. The number of hydrogen-bond donors (Lipinski definition) is 1. The molecule has 2 aliphatic rings. The van der Waals surface area contributed by atoms with Crippen LogP contribution in [-0.4, -0.2) is 78.4 Å². The minimum absolute atomic E-state index is 0.0258. The molecule has 1 aliphatic heterocycles. The van der Waals surface area contributed by atoms with Gasteiger partial charge in [-0.3, -0.25) is 0 Å². The van der Waals surface area contributed by atoms with Crippen LogP contribution in [0, 0.1) is 12.3 Å². The van der Waals surface area contributed by atoms with E-state index in [9.17, 15) is 4.79 Å². The van der Waals surface area contributed by atoms with Gasteiger partial charge < -0.3 is 29.3 Å². The van der Waals surface area contributed by atoms with Crippen LogP contribution in [0.25, 0.3) is 10.9 Å². The number of hydrogen-bond acceptors (Lipinski definition) is 7. The maximum absolute atomic E-state index is 12.9. The number of terminal acetylenes is 1. The molecule has 9 heteroatoms. The Morgan fingerprint density at radius 1 is 1.13 bits per heavy atom. The Balaban J connectivity index is 1.29. The van der Waals surface area contributed by atoms with Gasteiger partial charge in [-0.15, -0.1) is 6.42 Å². The molecule has 2 aromatic carbocycles. The number of aromatic nitrogens is 2. The number of methoxy groups -OCH3 is 1. The molecule has 0 unspecified atom stereocenters. The molecule has 1 N–H and O–H groups in total. The number of ether oxygens (including phenoxy) is 3. The van der Waals surface area contributed by atoms with Crippen molar-refractivity contribution < 1.29 is 19.0 Å². The van der Waals surface area contributed by atoms with Gasteiger partial charge in [0.2, 0.25) is 0 Å². The fraction of sp³-hybridized carbons (Fsp3) is 0.414. The molecule has 0 bridgehead atoms. The van der Waals surface area contributed by atoms with E-state index in [0.29, 0.717) is 43.6 Å². The van der Waals surface area contributed by atoms with Gasteiger partial charge in [-0.1, -0.05) is 12.0 Å². The molecule has 2 heterocycles. The van der Waals surface area contributed by atoms with Crippen LogP contribution in [-0.2, 0) is 4.74 Å². The fourth-order valence-electron chi connectivity index (χ4n) is 5.10. The number of carbonyl (C=O) groups excluding carboxylic acids is 1. The third-order valence-electron chi connectivity index (χ3n) is 7.28. The summed E-state index contributed by atoms with van der Waals surface area (Å²) in [7, 11) is 3.53. The summed E-state index contributed by atoms with van der Waals surface area (Å²) in [6, 6.07) is 11.7. The Hall–Kier alpha value is -4.03. The highest BCUT2D eigenvalue weighted by Gasteiger charge is 2.30. The highest BCUT2D eigenvalue weighted by molar-refractivity contribution is 5.93. The van der Waals surface area contributed by atoms with Crippen molar-refractivity contribution in [1.29, 1.82) is 0 Å². The van der Waals surface area contributed by atoms with Crippen LogP contribution in [0.5, 0.6) is 11.5 Å². The van der Waals surface area contributed by atoms with Gasteiger partial charge in [-0.25, -0.2) is 14.8 Å². The molecule has 0 radical (unpaired) electrons. The molecule has 5 rings (SSSR count). The van der Waals surface area contributed by atoms with E-state index in [-0.39, 0.29) is 18.2 Å². The Morgan fingerprint density at radius 2 is 1.92 bits per heavy atom. The van der Waals surface area contributed by atoms with Crippen LogP contribution in [0.15, 0.2) is 42.7 Å². The van der Waals surface area contributed by atoms with E-state index >= 15 is 0 Å². The Bertz CT molecular complexity index is 1330. The maximum Gasteiger partial charge on any atom is 0.320 e. The minimum Gasteiger partial charge on any atom is -0.493 e. The zero-order valence-corrected chi connectivity index (χ0v) is 21.9. The predicted octanol–water partition coefficient (Wildman–Crippen LogP) is 4.44. The van der Waals surface area contributed by atoms with Crippen molar-refractivity contribution in [3.8, 4) is 23.8 Å². The third kappa shape index (κ3) is 5.60. The summed E-state index contributed by atoms with van der Waals surface area (Å²) in [6.07, 6.45) is 10.6. The summed E-state index contributed by atoms with van der Waals surface area (Å²) >= 11 is 0. The monoisotopic (exact) mass is 515 g/mol. The first-order chi connectivity index (χ1) is 18.6. The first-order valence-electron chi connectivity index (χ1n) is 13.0. The molecule has 0 spiro atoms. The molecule has 2 fully saturated rings. The van der Waals surface area contributed by atoms with Crippen molar-refractivity contribution in [3.63, 3.8) is 0 Å². The molecular formula is C29H33N5O4. The lowest BCUT2D eigenvalue weighted by Crippen LogP contribution is -2.51. The van der Waals surface area contributed by atoms with E-state index in [1.54, 1.807) is 7.11 Å². The molecule has 3 aromatic rings. The normalized spacial score (nSPS) is 19.4. The number of nitrogens with zero attached hydrogens (tertiary/aromatic N) is 4. The van der Waals surface area contributed by atoms with Gasteiger partial charge in [0.15, 0.2) is 11.5 Å². The van der Waals surface area contributed by atoms with Gasteiger partial charge >= 0.3 is 6.03 Å². The van der Waals surface area contributed by atoms with E-state index < -0.39 is 0 Å². The maximum atomic E-state index is 12.9. The number of morpholine rings is 1. The summed E-state index contributed by atoms with van der Waals surface area (Å²) in [5.74, 6) is 4.58. The van der Waals surface area contributed by atoms with Gasteiger partial charge in [0.25, 0.3) is 0 Å². The second kappa shape index (κ2) is 11.6. The van der Waals surface area contributed by atoms with Gasteiger partial charge in [0.1, 0.15) is 12.1 Å². The smallest absolute Gasteiger partial charge is 0.320 e. The molecule has 2 amide bonds. The van der Waals surface area contributed by atoms with Gasteiger partial charge in [0.05, 0.1) is 31.9 Å².